The summed E-state index contributed by atoms with van der Waals surface area (Å²) < 4.78 is 38.2. The Balaban J connectivity index is 1.51. The molecule has 2 bridgehead atoms. The third-order valence-corrected chi connectivity index (χ3v) is 5.68. The summed E-state index contributed by atoms with van der Waals surface area (Å²) in [6.07, 6.45) is 2.21. The molecule has 2 aliphatic rings. The molecule has 5 rings (SSSR count). The standard InChI is InChI=1S/C19H18F3N5/c20-19(21,22)16-4-3-13(7-23-16)15-6-14-17(26-15)24-10-25-18(14)27-8-11-1-2-12(5-11)9-27/h3-4,6-7,10-12H,1-2,5,8-9H2,(H,24,25,26). The van der Waals surface area contributed by atoms with Crippen molar-refractivity contribution in [1.29, 1.82) is 0 Å². The first-order chi connectivity index (χ1) is 13.0. The van der Waals surface area contributed by atoms with Gasteiger partial charge in [-0.3, -0.25) is 4.98 Å². The van der Waals surface area contributed by atoms with Crippen molar-refractivity contribution < 1.29 is 13.2 Å². The minimum atomic E-state index is -4.44. The molecule has 2 unspecified atom stereocenters. The van der Waals surface area contributed by atoms with Gasteiger partial charge < -0.3 is 9.88 Å². The van der Waals surface area contributed by atoms with Gasteiger partial charge in [0.25, 0.3) is 0 Å². The number of pyridine rings is 1. The average Bonchev–Trinajstić information content (AvgIpc) is 3.23. The van der Waals surface area contributed by atoms with Gasteiger partial charge in [0.1, 0.15) is 23.5 Å². The minimum Gasteiger partial charge on any atom is -0.355 e. The highest BCUT2D eigenvalue weighted by molar-refractivity contribution is 5.91. The van der Waals surface area contributed by atoms with Crippen LogP contribution in [0.1, 0.15) is 25.0 Å². The van der Waals surface area contributed by atoms with E-state index in [-0.39, 0.29) is 0 Å². The highest BCUT2D eigenvalue weighted by Gasteiger charge is 2.34. The van der Waals surface area contributed by atoms with Crippen LogP contribution in [0.3, 0.4) is 0 Å². The summed E-state index contributed by atoms with van der Waals surface area (Å²) in [4.78, 5) is 17.9. The third kappa shape index (κ3) is 2.93. The van der Waals surface area contributed by atoms with E-state index in [2.05, 4.69) is 24.8 Å². The molecule has 8 heteroatoms. The van der Waals surface area contributed by atoms with Crippen molar-refractivity contribution in [3.8, 4) is 11.3 Å². The largest absolute Gasteiger partial charge is 0.433 e. The fourth-order valence-electron chi connectivity index (χ4n) is 4.44. The number of fused-ring (bicyclic) bond motifs is 3. The minimum absolute atomic E-state index is 0.589. The lowest BCUT2D eigenvalue weighted by molar-refractivity contribution is -0.141. The first-order valence-electron chi connectivity index (χ1n) is 9.09. The van der Waals surface area contributed by atoms with Crippen LogP contribution in [0.4, 0.5) is 19.0 Å². The van der Waals surface area contributed by atoms with Crippen molar-refractivity contribution in [3.05, 3.63) is 36.4 Å². The summed E-state index contributed by atoms with van der Waals surface area (Å²) in [7, 11) is 0. The number of alkyl halides is 3. The summed E-state index contributed by atoms with van der Waals surface area (Å²) in [6, 6.07) is 4.33. The number of halogens is 3. The topological polar surface area (TPSA) is 57.7 Å². The number of anilines is 1. The molecule has 1 aliphatic heterocycles. The zero-order chi connectivity index (χ0) is 18.6. The lowest BCUT2D eigenvalue weighted by Gasteiger charge is -2.32. The van der Waals surface area contributed by atoms with E-state index in [1.165, 1.54) is 31.5 Å². The molecule has 0 aromatic carbocycles. The fraction of sp³-hybridized carbons (Fsp3) is 0.421. The zero-order valence-electron chi connectivity index (χ0n) is 14.5. The van der Waals surface area contributed by atoms with E-state index in [0.29, 0.717) is 16.9 Å². The maximum Gasteiger partial charge on any atom is 0.433 e. The van der Waals surface area contributed by atoms with Gasteiger partial charge in [-0.25, -0.2) is 9.97 Å². The van der Waals surface area contributed by atoms with Crippen molar-refractivity contribution in [2.45, 2.75) is 25.4 Å². The molecule has 2 atom stereocenters. The van der Waals surface area contributed by atoms with Crippen LogP contribution >= 0.6 is 0 Å². The molecule has 3 aromatic rings. The summed E-state index contributed by atoms with van der Waals surface area (Å²) in [6.45, 7) is 2.01. The summed E-state index contributed by atoms with van der Waals surface area (Å²) >= 11 is 0. The molecule has 1 N–H and O–H groups in total. The summed E-state index contributed by atoms with van der Waals surface area (Å²) in [5.41, 5.74) is 1.07. The second-order valence-corrected chi connectivity index (χ2v) is 7.52. The average molecular weight is 373 g/mol. The third-order valence-electron chi connectivity index (χ3n) is 5.68. The Bertz CT molecular complexity index is 967. The second-order valence-electron chi connectivity index (χ2n) is 7.52. The normalized spacial score (nSPS) is 22.6. The van der Waals surface area contributed by atoms with Gasteiger partial charge in [0.05, 0.1) is 5.39 Å². The predicted octanol–water partition coefficient (Wildman–Crippen LogP) is 4.28. The number of rotatable bonds is 2. The number of piperidine rings is 1. The van der Waals surface area contributed by atoms with Gasteiger partial charge in [0, 0.05) is 30.5 Å². The summed E-state index contributed by atoms with van der Waals surface area (Å²) in [5.74, 6) is 2.36. The lowest BCUT2D eigenvalue weighted by atomic mass is 9.99. The fourth-order valence-corrected chi connectivity index (χ4v) is 4.44. The first kappa shape index (κ1) is 16.5. The van der Waals surface area contributed by atoms with Crippen LogP contribution in [0.2, 0.25) is 0 Å². The van der Waals surface area contributed by atoms with E-state index >= 15 is 0 Å². The van der Waals surface area contributed by atoms with Crippen molar-refractivity contribution >= 4 is 16.9 Å². The Morgan fingerprint density at radius 3 is 2.48 bits per heavy atom. The Kier molecular flexibility index (Phi) is 3.63. The molecule has 27 heavy (non-hydrogen) atoms. The monoisotopic (exact) mass is 373 g/mol. The first-order valence-corrected chi connectivity index (χ1v) is 9.09. The van der Waals surface area contributed by atoms with Crippen LogP contribution in [0.25, 0.3) is 22.3 Å². The van der Waals surface area contributed by atoms with Gasteiger partial charge >= 0.3 is 6.18 Å². The molecular formula is C19H18F3N5. The molecule has 1 aliphatic carbocycles. The quantitative estimate of drug-likeness (QED) is 0.729. The number of aromatic amines is 1. The predicted molar refractivity (Wildman–Crippen MR) is 95.2 cm³/mol. The number of nitrogens with zero attached hydrogens (tertiary/aromatic N) is 4. The molecule has 2 fully saturated rings. The zero-order valence-corrected chi connectivity index (χ0v) is 14.5. The Labute approximate surface area is 153 Å². The second kappa shape index (κ2) is 5.94. The smallest absolute Gasteiger partial charge is 0.355 e. The Morgan fingerprint density at radius 1 is 1.04 bits per heavy atom. The van der Waals surface area contributed by atoms with Crippen LogP contribution in [0.15, 0.2) is 30.7 Å². The molecule has 0 radical (unpaired) electrons. The number of hydrogen-bond acceptors (Lipinski definition) is 4. The molecule has 0 amide bonds. The lowest BCUT2D eigenvalue weighted by Crippen LogP contribution is -2.37. The van der Waals surface area contributed by atoms with Gasteiger partial charge in [-0.05, 0) is 49.3 Å². The van der Waals surface area contributed by atoms with Gasteiger partial charge in [-0.15, -0.1) is 0 Å². The van der Waals surface area contributed by atoms with Crippen molar-refractivity contribution in [1.82, 2.24) is 19.9 Å². The van der Waals surface area contributed by atoms with E-state index in [1.807, 2.05) is 6.07 Å². The van der Waals surface area contributed by atoms with Crippen molar-refractivity contribution in [2.24, 2.45) is 11.8 Å². The highest BCUT2D eigenvalue weighted by atomic mass is 19.4. The Hall–Kier alpha value is -2.64. The number of hydrogen-bond donors (Lipinski definition) is 1. The van der Waals surface area contributed by atoms with Crippen molar-refractivity contribution in [2.75, 3.05) is 18.0 Å². The van der Waals surface area contributed by atoms with Crippen LogP contribution in [0, 0.1) is 11.8 Å². The Morgan fingerprint density at radius 2 is 1.81 bits per heavy atom. The van der Waals surface area contributed by atoms with Crippen LogP contribution in [0.5, 0.6) is 0 Å². The van der Waals surface area contributed by atoms with E-state index in [4.69, 9.17) is 0 Å². The molecule has 1 saturated carbocycles. The van der Waals surface area contributed by atoms with E-state index in [0.717, 1.165) is 42.2 Å². The molecule has 3 aromatic heterocycles. The molecule has 5 nitrogen and oxygen atoms in total. The summed E-state index contributed by atoms with van der Waals surface area (Å²) in [5, 5.41) is 0.897. The molecule has 140 valence electrons. The van der Waals surface area contributed by atoms with Crippen LogP contribution in [-0.2, 0) is 6.18 Å². The number of nitrogens with one attached hydrogen (secondary N) is 1. The molecular weight excluding hydrogens is 355 g/mol. The maximum absolute atomic E-state index is 12.7. The van der Waals surface area contributed by atoms with Gasteiger partial charge in [0.15, 0.2) is 0 Å². The van der Waals surface area contributed by atoms with Crippen LogP contribution in [-0.4, -0.2) is 33.0 Å². The maximum atomic E-state index is 12.7. The van der Waals surface area contributed by atoms with Gasteiger partial charge in [-0.1, -0.05) is 0 Å². The molecule has 0 spiro atoms. The molecule has 1 saturated heterocycles. The van der Waals surface area contributed by atoms with Gasteiger partial charge in [-0.2, -0.15) is 13.2 Å². The van der Waals surface area contributed by atoms with E-state index in [1.54, 1.807) is 6.33 Å². The number of H-pyrrole nitrogens is 1. The van der Waals surface area contributed by atoms with Gasteiger partial charge in [0.2, 0.25) is 0 Å². The SMILES string of the molecule is FC(F)(F)c1ccc(-c2cc3c(N4CC5CCC(C5)C4)ncnc3[nH]2)cn1. The molecule has 4 heterocycles. The van der Waals surface area contributed by atoms with E-state index in [9.17, 15) is 13.2 Å². The van der Waals surface area contributed by atoms with Crippen LogP contribution < -0.4 is 4.90 Å². The van der Waals surface area contributed by atoms with E-state index < -0.39 is 11.9 Å². The van der Waals surface area contributed by atoms with Crippen molar-refractivity contribution in [3.63, 3.8) is 0 Å². The highest BCUT2D eigenvalue weighted by Crippen LogP contribution is 2.39. The number of aromatic nitrogens is 4.